The Morgan fingerprint density at radius 1 is 1.07 bits per heavy atom. The molecule has 2 aromatic carbocycles. The lowest BCUT2D eigenvalue weighted by molar-refractivity contribution is 0.102. The van der Waals surface area contributed by atoms with E-state index in [2.05, 4.69) is 17.0 Å². The van der Waals surface area contributed by atoms with E-state index in [1.165, 1.54) is 19.2 Å². The van der Waals surface area contributed by atoms with Gasteiger partial charge in [-0.2, -0.15) is 0 Å². The summed E-state index contributed by atoms with van der Waals surface area (Å²) in [6.07, 6.45) is 1.96. The fourth-order valence-corrected chi connectivity index (χ4v) is 3.80. The zero-order valence-electron chi connectivity index (χ0n) is 17.2. The molecule has 0 aliphatic rings. The van der Waals surface area contributed by atoms with Crippen molar-refractivity contribution in [2.45, 2.75) is 44.6 Å². The molecule has 1 amide bonds. The van der Waals surface area contributed by atoms with Crippen LogP contribution in [0.1, 0.15) is 44.0 Å². The van der Waals surface area contributed by atoms with Gasteiger partial charge in [0.05, 0.1) is 18.6 Å². The standard InChI is InChI=1S/C21H28N2O5S/c1-5-6-13-28-19-12-7-16(14-20(19)27-4)21(24)22-17-8-10-18(11-9-17)29(25,26)23-15(2)3/h7-12,14-15,23H,5-6,13H2,1-4H3,(H,22,24). The summed E-state index contributed by atoms with van der Waals surface area (Å²) >= 11 is 0. The molecule has 2 aromatic rings. The van der Waals surface area contributed by atoms with E-state index in [0.29, 0.717) is 29.4 Å². The smallest absolute Gasteiger partial charge is 0.255 e. The highest BCUT2D eigenvalue weighted by Crippen LogP contribution is 2.28. The molecule has 158 valence electrons. The predicted octanol–water partition coefficient (Wildman–Crippen LogP) is 3.81. The van der Waals surface area contributed by atoms with Crippen LogP contribution in [0.2, 0.25) is 0 Å². The van der Waals surface area contributed by atoms with Crippen LogP contribution in [-0.4, -0.2) is 34.1 Å². The molecule has 0 heterocycles. The van der Waals surface area contributed by atoms with Crippen molar-refractivity contribution in [2.24, 2.45) is 0 Å². The number of unbranched alkanes of at least 4 members (excludes halogenated alkanes) is 1. The Balaban J connectivity index is 2.10. The molecule has 2 rings (SSSR count). The number of ether oxygens (including phenoxy) is 2. The summed E-state index contributed by atoms with van der Waals surface area (Å²) in [6.45, 7) is 6.16. The number of sulfonamides is 1. The first-order valence-corrected chi connectivity index (χ1v) is 11.0. The highest BCUT2D eigenvalue weighted by molar-refractivity contribution is 7.89. The molecule has 0 saturated heterocycles. The average molecular weight is 421 g/mol. The minimum Gasteiger partial charge on any atom is -0.493 e. The Morgan fingerprint density at radius 2 is 1.76 bits per heavy atom. The first-order valence-electron chi connectivity index (χ1n) is 9.51. The van der Waals surface area contributed by atoms with Crippen molar-refractivity contribution in [3.05, 3.63) is 48.0 Å². The maximum atomic E-state index is 12.5. The Labute approximate surface area is 172 Å². The van der Waals surface area contributed by atoms with Gasteiger partial charge in [-0.25, -0.2) is 13.1 Å². The molecular formula is C21H28N2O5S. The summed E-state index contributed by atoms with van der Waals surface area (Å²) in [7, 11) is -2.05. The summed E-state index contributed by atoms with van der Waals surface area (Å²) in [4.78, 5) is 12.7. The zero-order chi connectivity index (χ0) is 21.4. The van der Waals surface area contributed by atoms with Gasteiger partial charge in [0.15, 0.2) is 11.5 Å². The van der Waals surface area contributed by atoms with Gasteiger partial charge in [0, 0.05) is 17.3 Å². The van der Waals surface area contributed by atoms with Crippen LogP contribution in [0, 0.1) is 0 Å². The summed E-state index contributed by atoms with van der Waals surface area (Å²) in [5.41, 5.74) is 0.892. The predicted molar refractivity (Wildman–Crippen MR) is 113 cm³/mol. The molecule has 7 nitrogen and oxygen atoms in total. The lowest BCUT2D eigenvalue weighted by Crippen LogP contribution is -2.30. The van der Waals surface area contributed by atoms with Crippen LogP contribution in [0.25, 0.3) is 0 Å². The van der Waals surface area contributed by atoms with E-state index in [9.17, 15) is 13.2 Å². The number of benzene rings is 2. The lowest BCUT2D eigenvalue weighted by Gasteiger charge is -2.13. The van der Waals surface area contributed by atoms with Gasteiger partial charge in [0.2, 0.25) is 10.0 Å². The third-order valence-corrected chi connectivity index (χ3v) is 5.67. The number of hydrogen-bond donors (Lipinski definition) is 2. The van der Waals surface area contributed by atoms with E-state index in [4.69, 9.17) is 9.47 Å². The summed E-state index contributed by atoms with van der Waals surface area (Å²) in [6, 6.07) is 10.8. The minimum absolute atomic E-state index is 0.138. The largest absolute Gasteiger partial charge is 0.493 e. The molecule has 0 atom stereocenters. The Bertz CT molecular complexity index is 925. The topological polar surface area (TPSA) is 93.7 Å². The third kappa shape index (κ3) is 6.47. The first kappa shape index (κ1) is 22.7. The zero-order valence-corrected chi connectivity index (χ0v) is 18.0. The summed E-state index contributed by atoms with van der Waals surface area (Å²) in [5, 5.41) is 2.75. The van der Waals surface area contributed by atoms with E-state index in [1.807, 2.05) is 0 Å². The number of carbonyl (C=O) groups excluding carboxylic acids is 1. The van der Waals surface area contributed by atoms with Gasteiger partial charge >= 0.3 is 0 Å². The van der Waals surface area contributed by atoms with Crippen molar-refractivity contribution in [3.63, 3.8) is 0 Å². The maximum Gasteiger partial charge on any atom is 0.255 e. The molecule has 0 unspecified atom stereocenters. The highest BCUT2D eigenvalue weighted by Gasteiger charge is 2.16. The molecule has 29 heavy (non-hydrogen) atoms. The van der Waals surface area contributed by atoms with Crippen molar-refractivity contribution in [3.8, 4) is 11.5 Å². The van der Waals surface area contributed by atoms with Crippen molar-refractivity contribution >= 4 is 21.6 Å². The molecule has 0 saturated carbocycles. The molecule has 0 bridgehead atoms. The number of rotatable bonds is 10. The molecule has 8 heteroatoms. The monoisotopic (exact) mass is 420 g/mol. The molecule has 0 radical (unpaired) electrons. The van der Waals surface area contributed by atoms with Crippen LogP contribution in [0.3, 0.4) is 0 Å². The van der Waals surface area contributed by atoms with Crippen molar-refractivity contribution < 1.29 is 22.7 Å². The quantitative estimate of drug-likeness (QED) is 0.570. The van der Waals surface area contributed by atoms with Gasteiger partial charge in [0.25, 0.3) is 5.91 Å². The molecule has 0 aromatic heterocycles. The summed E-state index contributed by atoms with van der Waals surface area (Å²) < 4.78 is 37.9. The van der Waals surface area contributed by atoms with Crippen LogP contribution < -0.4 is 19.5 Å². The average Bonchev–Trinajstić information content (AvgIpc) is 2.67. The normalized spacial score (nSPS) is 11.3. The van der Waals surface area contributed by atoms with Crippen LogP contribution >= 0.6 is 0 Å². The lowest BCUT2D eigenvalue weighted by atomic mass is 10.2. The van der Waals surface area contributed by atoms with Gasteiger partial charge in [-0.05, 0) is 62.7 Å². The van der Waals surface area contributed by atoms with E-state index in [0.717, 1.165) is 12.8 Å². The second-order valence-corrected chi connectivity index (χ2v) is 8.54. The Hall–Kier alpha value is -2.58. The van der Waals surface area contributed by atoms with Crippen molar-refractivity contribution in [1.82, 2.24) is 4.72 Å². The van der Waals surface area contributed by atoms with E-state index < -0.39 is 10.0 Å². The molecular weight excluding hydrogens is 392 g/mol. The number of methoxy groups -OCH3 is 1. The van der Waals surface area contributed by atoms with Crippen LogP contribution in [0.15, 0.2) is 47.4 Å². The van der Waals surface area contributed by atoms with Crippen LogP contribution in [0.5, 0.6) is 11.5 Å². The number of hydrogen-bond acceptors (Lipinski definition) is 5. The van der Waals surface area contributed by atoms with Gasteiger partial charge in [0.1, 0.15) is 0 Å². The number of nitrogens with one attached hydrogen (secondary N) is 2. The SMILES string of the molecule is CCCCOc1ccc(C(=O)Nc2ccc(S(=O)(=O)NC(C)C)cc2)cc1OC. The van der Waals surface area contributed by atoms with Gasteiger partial charge < -0.3 is 14.8 Å². The second-order valence-electron chi connectivity index (χ2n) is 6.82. The van der Waals surface area contributed by atoms with Crippen LogP contribution in [-0.2, 0) is 10.0 Å². The van der Waals surface area contributed by atoms with E-state index >= 15 is 0 Å². The molecule has 0 aliphatic heterocycles. The number of anilines is 1. The van der Waals surface area contributed by atoms with Gasteiger partial charge in [-0.3, -0.25) is 4.79 Å². The van der Waals surface area contributed by atoms with Crippen molar-refractivity contribution in [2.75, 3.05) is 19.0 Å². The number of carbonyl (C=O) groups is 1. The van der Waals surface area contributed by atoms with Crippen LogP contribution in [0.4, 0.5) is 5.69 Å². The fourth-order valence-electron chi connectivity index (χ4n) is 2.55. The Kier molecular flexibility index (Phi) is 8.04. The fraction of sp³-hybridized carbons (Fsp3) is 0.381. The highest BCUT2D eigenvalue weighted by atomic mass is 32.2. The minimum atomic E-state index is -3.57. The molecule has 0 fully saturated rings. The van der Waals surface area contributed by atoms with E-state index in [-0.39, 0.29) is 16.8 Å². The Morgan fingerprint density at radius 3 is 2.34 bits per heavy atom. The second kappa shape index (κ2) is 10.3. The van der Waals surface area contributed by atoms with Gasteiger partial charge in [-0.15, -0.1) is 0 Å². The van der Waals surface area contributed by atoms with E-state index in [1.54, 1.807) is 44.2 Å². The molecule has 0 aliphatic carbocycles. The summed E-state index contributed by atoms with van der Waals surface area (Å²) in [5.74, 6) is 0.735. The molecule has 2 N–H and O–H groups in total. The third-order valence-electron chi connectivity index (χ3n) is 3.99. The maximum absolute atomic E-state index is 12.5. The van der Waals surface area contributed by atoms with Crippen molar-refractivity contribution in [1.29, 1.82) is 0 Å². The first-order chi connectivity index (χ1) is 13.8. The molecule has 0 spiro atoms. The number of amides is 1. The van der Waals surface area contributed by atoms with Gasteiger partial charge in [-0.1, -0.05) is 13.3 Å².